The molecule has 0 heterocycles. The molecule has 3 saturated carbocycles. The lowest BCUT2D eigenvalue weighted by Crippen LogP contribution is -2.51. The molecule has 136 valence electrons. The van der Waals surface area contributed by atoms with Gasteiger partial charge in [0.2, 0.25) is 0 Å². The number of allylic oxidation sites excluding steroid dienone is 4. The Morgan fingerprint density at radius 2 is 2.04 bits per heavy atom. The second kappa shape index (κ2) is 6.11. The van der Waals surface area contributed by atoms with Gasteiger partial charge in [-0.2, -0.15) is 0 Å². The topological polar surface area (TPSA) is 34.1 Å². The molecule has 4 aliphatic carbocycles. The molecule has 0 saturated heterocycles. The highest BCUT2D eigenvalue weighted by molar-refractivity contribution is 7.96. The van der Waals surface area contributed by atoms with Crippen molar-refractivity contribution in [3.8, 4) is 0 Å². The van der Waals surface area contributed by atoms with Crippen molar-refractivity contribution in [2.75, 3.05) is 0 Å². The summed E-state index contributed by atoms with van der Waals surface area (Å²) in [6.45, 7) is 4.61. The molecule has 0 aromatic rings. The van der Waals surface area contributed by atoms with E-state index in [4.69, 9.17) is 0 Å². The SMILES string of the molecule is CCC[C@]12CC[C@H]3[C@@H](CCC4=CC(=O)C=C[C@@]43C)[C@@H]1CC[C@@H]2C(=O)S. The lowest BCUT2D eigenvalue weighted by molar-refractivity contribution is -0.122. The zero-order valence-corrected chi connectivity index (χ0v) is 16.4. The number of rotatable bonds is 3. The Labute approximate surface area is 156 Å². The molecule has 0 amide bonds. The summed E-state index contributed by atoms with van der Waals surface area (Å²) in [4.78, 5) is 24.1. The summed E-state index contributed by atoms with van der Waals surface area (Å²) < 4.78 is 0. The van der Waals surface area contributed by atoms with Gasteiger partial charge >= 0.3 is 0 Å². The summed E-state index contributed by atoms with van der Waals surface area (Å²) in [6, 6.07) is 0. The maximum absolute atomic E-state index is 12.3. The summed E-state index contributed by atoms with van der Waals surface area (Å²) in [6.07, 6.45) is 15.0. The van der Waals surface area contributed by atoms with E-state index in [9.17, 15) is 9.59 Å². The smallest absolute Gasteiger partial charge is 0.189 e. The van der Waals surface area contributed by atoms with Crippen molar-refractivity contribution < 1.29 is 9.59 Å². The second-order valence-corrected chi connectivity index (χ2v) is 9.53. The van der Waals surface area contributed by atoms with Crippen LogP contribution in [0.1, 0.15) is 65.2 Å². The first-order valence-electron chi connectivity index (χ1n) is 10.1. The Morgan fingerprint density at radius 3 is 2.76 bits per heavy atom. The van der Waals surface area contributed by atoms with Gasteiger partial charge in [0.05, 0.1) is 0 Å². The van der Waals surface area contributed by atoms with E-state index in [1.165, 1.54) is 31.3 Å². The van der Waals surface area contributed by atoms with Gasteiger partial charge in [0.25, 0.3) is 0 Å². The maximum atomic E-state index is 12.3. The molecule has 0 unspecified atom stereocenters. The third kappa shape index (κ3) is 2.44. The highest BCUT2D eigenvalue weighted by atomic mass is 32.1. The van der Waals surface area contributed by atoms with Gasteiger partial charge in [-0.15, -0.1) is 12.6 Å². The zero-order chi connectivity index (χ0) is 17.8. The highest BCUT2D eigenvalue weighted by Gasteiger charge is 2.60. The average molecular weight is 359 g/mol. The third-order valence-corrected chi connectivity index (χ3v) is 8.60. The van der Waals surface area contributed by atoms with Crippen molar-refractivity contribution in [1.29, 1.82) is 0 Å². The fourth-order valence-electron chi connectivity index (χ4n) is 7.33. The minimum Gasteiger partial charge on any atom is -0.290 e. The van der Waals surface area contributed by atoms with E-state index in [1.807, 2.05) is 6.08 Å². The van der Waals surface area contributed by atoms with Crippen molar-refractivity contribution in [2.24, 2.45) is 34.5 Å². The van der Waals surface area contributed by atoms with Gasteiger partial charge in [-0.1, -0.05) is 31.9 Å². The minimum atomic E-state index is 0.0538. The molecule has 0 radical (unpaired) electrons. The first kappa shape index (κ1) is 17.6. The zero-order valence-electron chi connectivity index (χ0n) is 15.5. The first-order valence-corrected chi connectivity index (χ1v) is 10.5. The van der Waals surface area contributed by atoms with Crippen LogP contribution in [-0.4, -0.2) is 10.9 Å². The number of carbonyl (C=O) groups is 2. The summed E-state index contributed by atoms with van der Waals surface area (Å²) in [5.41, 5.74) is 1.60. The van der Waals surface area contributed by atoms with Gasteiger partial charge in [0, 0.05) is 11.3 Å². The van der Waals surface area contributed by atoms with Crippen LogP contribution in [0.2, 0.25) is 0 Å². The minimum absolute atomic E-state index is 0.0538. The maximum Gasteiger partial charge on any atom is 0.189 e. The van der Waals surface area contributed by atoms with Crippen LogP contribution in [0, 0.1) is 34.5 Å². The second-order valence-electron chi connectivity index (χ2n) is 9.09. The van der Waals surface area contributed by atoms with Crippen molar-refractivity contribution >= 4 is 23.5 Å². The lowest BCUT2D eigenvalue weighted by atomic mass is 9.47. The van der Waals surface area contributed by atoms with Crippen LogP contribution in [-0.2, 0) is 9.59 Å². The number of carbonyl (C=O) groups excluding carboxylic acids is 2. The highest BCUT2D eigenvalue weighted by Crippen LogP contribution is 2.67. The van der Waals surface area contributed by atoms with Gasteiger partial charge in [0.15, 0.2) is 10.9 Å². The summed E-state index contributed by atoms with van der Waals surface area (Å²) in [5, 5.41) is 0.125. The predicted molar refractivity (Wildman–Crippen MR) is 103 cm³/mol. The van der Waals surface area contributed by atoms with Crippen LogP contribution in [0.15, 0.2) is 23.8 Å². The molecule has 25 heavy (non-hydrogen) atoms. The van der Waals surface area contributed by atoms with E-state index in [1.54, 1.807) is 6.08 Å². The average Bonchev–Trinajstić information content (AvgIpc) is 2.95. The normalized spacial score (nSPS) is 45.4. The molecule has 0 bridgehead atoms. The quantitative estimate of drug-likeness (QED) is 0.708. The van der Waals surface area contributed by atoms with Crippen LogP contribution in [0.5, 0.6) is 0 Å². The van der Waals surface area contributed by atoms with Gasteiger partial charge in [-0.3, -0.25) is 9.59 Å². The molecule has 3 heteroatoms. The number of hydrogen-bond acceptors (Lipinski definition) is 2. The first-order chi connectivity index (χ1) is 11.9. The molecular formula is C22H30O2S. The summed E-state index contributed by atoms with van der Waals surface area (Å²) in [7, 11) is 0. The van der Waals surface area contributed by atoms with Crippen LogP contribution >= 0.6 is 12.6 Å². The molecule has 0 N–H and O–H groups in total. The van der Waals surface area contributed by atoms with E-state index >= 15 is 0 Å². The van der Waals surface area contributed by atoms with Crippen LogP contribution in [0.3, 0.4) is 0 Å². The fraction of sp³-hybridized carbons (Fsp3) is 0.727. The van der Waals surface area contributed by atoms with Crippen molar-refractivity contribution in [3.05, 3.63) is 23.8 Å². The van der Waals surface area contributed by atoms with Gasteiger partial charge in [-0.05, 0) is 80.3 Å². The molecule has 4 aliphatic rings. The molecule has 0 aromatic heterocycles. The number of ketones is 1. The Balaban J connectivity index is 1.70. The molecule has 0 aromatic carbocycles. The number of thiol groups is 1. The van der Waals surface area contributed by atoms with Gasteiger partial charge < -0.3 is 0 Å². The third-order valence-electron chi connectivity index (χ3n) is 8.29. The Kier molecular flexibility index (Phi) is 4.30. The van der Waals surface area contributed by atoms with Crippen molar-refractivity contribution in [3.63, 3.8) is 0 Å². The predicted octanol–water partition coefficient (Wildman–Crippen LogP) is 5.15. The molecular weight excluding hydrogens is 328 g/mol. The van der Waals surface area contributed by atoms with Gasteiger partial charge in [0.1, 0.15) is 0 Å². The van der Waals surface area contributed by atoms with Crippen LogP contribution < -0.4 is 0 Å². The van der Waals surface area contributed by atoms with E-state index in [0.717, 1.165) is 25.7 Å². The number of hydrogen-bond donors (Lipinski definition) is 1. The Morgan fingerprint density at radius 1 is 1.24 bits per heavy atom. The summed E-state index contributed by atoms with van der Waals surface area (Å²) >= 11 is 4.28. The van der Waals surface area contributed by atoms with Crippen molar-refractivity contribution in [2.45, 2.75) is 65.2 Å². The van der Waals surface area contributed by atoms with Crippen molar-refractivity contribution in [1.82, 2.24) is 0 Å². The van der Waals surface area contributed by atoms with Crippen LogP contribution in [0.4, 0.5) is 0 Å². The fourth-order valence-corrected chi connectivity index (χ4v) is 7.71. The lowest BCUT2D eigenvalue weighted by Gasteiger charge is -2.57. The van der Waals surface area contributed by atoms with E-state index in [-0.39, 0.29) is 27.6 Å². The standard InChI is InChI=1S/C22H30O2S/c1-3-10-22-12-9-17-16(18(22)6-7-19(22)20(24)25)5-4-14-13-15(23)8-11-21(14,17)2/h8,11,13,16-19H,3-7,9-10,12H2,1-2H3,(H,24,25)/t16-,17+,18+,19-,21+,22+/m1/s1. The van der Waals surface area contributed by atoms with E-state index in [0.29, 0.717) is 17.8 Å². The number of fused-ring (bicyclic) bond motifs is 5. The molecule has 2 nitrogen and oxygen atoms in total. The molecule has 6 atom stereocenters. The summed E-state index contributed by atoms with van der Waals surface area (Å²) in [5.74, 6) is 2.30. The molecule has 0 spiro atoms. The van der Waals surface area contributed by atoms with E-state index < -0.39 is 0 Å². The molecule has 4 rings (SSSR count). The largest absolute Gasteiger partial charge is 0.290 e. The Hall–Kier alpha value is -0.830. The van der Waals surface area contributed by atoms with Gasteiger partial charge in [-0.25, -0.2) is 0 Å². The van der Waals surface area contributed by atoms with E-state index in [2.05, 4.69) is 32.6 Å². The molecule has 3 fully saturated rings. The van der Waals surface area contributed by atoms with Crippen LogP contribution in [0.25, 0.3) is 0 Å². The Bertz CT molecular complexity index is 663. The molecule has 0 aliphatic heterocycles. The monoisotopic (exact) mass is 358 g/mol.